The van der Waals surface area contributed by atoms with E-state index in [1.54, 1.807) is 6.92 Å². The first kappa shape index (κ1) is 20.2. The van der Waals surface area contributed by atoms with E-state index in [-0.39, 0.29) is 5.97 Å². The Morgan fingerprint density at radius 1 is 0.905 bits per heavy atom. The van der Waals surface area contributed by atoms with Crippen LogP contribution in [0.25, 0.3) is 0 Å². The molecule has 124 valence electrons. The van der Waals surface area contributed by atoms with E-state index in [4.69, 9.17) is 4.74 Å². The molecule has 0 amide bonds. The van der Waals surface area contributed by atoms with Crippen molar-refractivity contribution in [3.8, 4) is 0 Å². The number of hydrogen-bond donors (Lipinski definition) is 0. The number of hydrogen-bond acceptors (Lipinski definition) is 2. The van der Waals surface area contributed by atoms with Crippen LogP contribution < -0.4 is 0 Å². The minimum atomic E-state index is -0.259. The topological polar surface area (TPSA) is 26.3 Å². The smallest absolute Gasteiger partial charge is 0.333 e. The highest BCUT2D eigenvalue weighted by molar-refractivity contribution is 5.86. The highest BCUT2D eigenvalue weighted by Gasteiger charge is 2.24. The summed E-state index contributed by atoms with van der Waals surface area (Å²) in [6.45, 7) is 17.5. The van der Waals surface area contributed by atoms with Gasteiger partial charge in [0.2, 0.25) is 0 Å². The van der Waals surface area contributed by atoms with Crippen LogP contribution in [0.2, 0.25) is 0 Å². The molecule has 0 unspecified atom stereocenters. The first-order valence-corrected chi connectivity index (χ1v) is 8.69. The van der Waals surface area contributed by atoms with Crippen molar-refractivity contribution >= 4 is 5.97 Å². The summed E-state index contributed by atoms with van der Waals surface area (Å²) in [6.07, 6.45) is 7.29. The van der Waals surface area contributed by atoms with E-state index < -0.39 is 0 Å². The van der Waals surface area contributed by atoms with Gasteiger partial charge in [0.25, 0.3) is 0 Å². The predicted octanol–water partition coefficient (Wildman–Crippen LogP) is 4.32. The molecule has 0 rings (SSSR count). The summed E-state index contributed by atoms with van der Waals surface area (Å²) in [6, 6.07) is 0. The number of rotatable bonds is 13. The molecule has 21 heavy (non-hydrogen) atoms. The molecule has 0 bridgehead atoms. The second kappa shape index (κ2) is 11.8. The number of unbranched alkanes of at least 4 members (excludes halogenated alkanes) is 2. The number of carbonyl (C=O) groups is 1. The monoisotopic (exact) mass is 298 g/mol. The van der Waals surface area contributed by atoms with E-state index in [9.17, 15) is 4.79 Å². The van der Waals surface area contributed by atoms with Gasteiger partial charge in [0.1, 0.15) is 0 Å². The fraction of sp³-hybridized carbons (Fsp3) is 0.833. The maximum Gasteiger partial charge on any atom is 0.333 e. The van der Waals surface area contributed by atoms with E-state index in [1.807, 2.05) is 0 Å². The van der Waals surface area contributed by atoms with Crippen molar-refractivity contribution in [2.45, 2.75) is 66.2 Å². The third kappa shape index (κ3) is 8.92. The average Bonchev–Trinajstić information content (AvgIpc) is 2.44. The van der Waals surface area contributed by atoms with Crippen LogP contribution in [0, 0.1) is 0 Å². The van der Waals surface area contributed by atoms with Gasteiger partial charge in [-0.15, -0.1) is 0 Å². The van der Waals surface area contributed by atoms with E-state index in [1.165, 1.54) is 56.2 Å². The van der Waals surface area contributed by atoms with Crippen LogP contribution in [-0.2, 0) is 9.53 Å². The number of carbonyl (C=O) groups excluding carboxylic acids is 1. The van der Waals surface area contributed by atoms with Gasteiger partial charge in [-0.1, -0.05) is 33.8 Å². The highest BCUT2D eigenvalue weighted by atomic mass is 16.5. The van der Waals surface area contributed by atoms with Gasteiger partial charge < -0.3 is 9.22 Å². The fourth-order valence-electron chi connectivity index (χ4n) is 3.00. The van der Waals surface area contributed by atoms with E-state index in [0.29, 0.717) is 12.2 Å². The molecule has 0 spiro atoms. The standard InChI is InChI=1S/C18H36NO2/c1-6-9-10-14-19(12-7-2,13-8-3)15-11-16-21-18(20)17(4)5/h4,6-16H2,1-3,5H3/q+1. The molecule has 0 aromatic carbocycles. The Hall–Kier alpha value is -0.830. The Kier molecular flexibility index (Phi) is 11.3. The van der Waals surface area contributed by atoms with Gasteiger partial charge in [-0.3, -0.25) is 0 Å². The zero-order valence-corrected chi connectivity index (χ0v) is 14.7. The maximum atomic E-state index is 11.4. The molecule has 0 aliphatic rings. The van der Waals surface area contributed by atoms with Crippen molar-refractivity contribution in [3.05, 3.63) is 12.2 Å². The Morgan fingerprint density at radius 2 is 1.48 bits per heavy atom. The lowest BCUT2D eigenvalue weighted by Gasteiger charge is -2.39. The van der Waals surface area contributed by atoms with Gasteiger partial charge in [0.05, 0.1) is 32.8 Å². The van der Waals surface area contributed by atoms with E-state index >= 15 is 0 Å². The molecular weight excluding hydrogens is 262 g/mol. The third-order valence-corrected chi connectivity index (χ3v) is 3.99. The second-order valence-corrected chi connectivity index (χ2v) is 6.21. The summed E-state index contributed by atoms with van der Waals surface area (Å²) in [5.41, 5.74) is 0.487. The Morgan fingerprint density at radius 3 is 1.95 bits per heavy atom. The lowest BCUT2D eigenvalue weighted by atomic mass is 10.1. The van der Waals surface area contributed by atoms with Crippen molar-refractivity contribution in [2.24, 2.45) is 0 Å². The number of nitrogens with zero attached hydrogens (tertiary/aromatic N) is 1. The minimum Gasteiger partial charge on any atom is -0.462 e. The molecule has 0 saturated carbocycles. The molecule has 0 aromatic rings. The Balaban J connectivity index is 4.35. The Labute approximate surface area is 131 Å². The highest BCUT2D eigenvalue weighted by Crippen LogP contribution is 2.15. The first-order valence-electron chi connectivity index (χ1n) is 8.69. The van der Waals surface area contributed by atoms with Crippen LogP contribution >= 0.6 is 0 Å². The van der Waals surface area contributed by atoms with Crippen LogP contribution in [0.4, 0.5) is 0 Å². The van der Waals surface area contributed by atoms with Crippen molar-refractivity contribution in [3.63, 3.8) is 0 Å². The maximum absolute atomic E-state index is 11.4. The molecule has 0 atom stereocenters. The van der Waals surface area contributed by atoms with Crippen LogP contribution in [0.1, 0.15) is 66.2 Å². The van der Waals surface area contributed by atoms with Crippen molar-refractivity contribution < 1.29 is 14.0 Å². The lowest BCUT2D eigenvalue weighted by Crippen LogP contribution is -2.50. The van der Waals surface area contributed by atoms with Crippen LogP contribution in [0.3, 0.4) is 0 Å². The molecule has 0 radical (unpaired) electrons. The first-order chi connectivity index (χ1) is 10.0. The quantitative estimate of drug-likeness (QED) is 0.219. The minimum absolute atomic E-state index is 0.259. The van der Waals surface area contributed by atoms with Gasteiger partial charge in [-0.05, 0) is 32.6 Å². The normalized spacial score (nSPS) is 11.4. The molecule has 0 aromatic heterocycles. The van der Waals surface area contributed by atoms with E-state index in [0.717, 1.165) is 13.0 Å². The van der Waals surface area contributed by atoms with Crippen molar-refractivity contribution in [1.82, 2.24) is 0 Å². The van der Waals surface area contributed by atoms with Gasteiger partial charge in [0, 0.05) is 12.0 Å². The lowest BCUT2D eigenvalue weighted by molar-refractivity contribution is -0.928. The molecule has 0 aliphatic heterocycles. The van der Waals surface area contributed by atoms with Gasteiger partial charge in [-0.25, -0.2) is 4.79 Å². The zero-order valence-electron chi connectivity index (χ0n) is 14.7. The summed E-state index contributed by atoms with van der Waals surface area (Å²) in [5.74, 6) is -0.259. The Bertz CT molecular complexity index is 294. The molecular formula is C18H36NO2+. The SMILES string of the molecule is C=C(C)C(=O)OCCC[N+](CCC)(CCC)CCCCC. The summed E-state index contributed by atoms with van der Waals surface area (Å²) < 4.78 is 6.42. The summed E-state index contributed by atoms with van der Waals surface area (Å²) in [4.78, 5) is 11.4. The van der Waals surface area contributed by atoms with Gasteiger partial charge in [0.15, 0.2) is 0 Å². The molecule has 0 heterocycles. The molecule has 3 nitrogen and oxygen atoms in total. The van der Waals surface area contributed by atoms with Gasteiger partial charge in [-0.2, -0.15) is 0 Å². The second-order valence-electron chi connectivity index (χ2n) is 6.21. The van der Waals surface area contributed by atoms with Crippen molar-refractivity contribution in [1.29, 1.82) is 0 Å². The largest absolute Gasteiger partial charge is 0.462 e. The van der Waals surface area contributed by atoms with Crippen molar-refractivity contribution in [2.75, 3.05) is 32.8 Å². The number of ether oxygens (including phenoxy) is 1. The van der Waals surface area contributed by atoms with Crippen LogP contribution in [0.5, 0.6) is 0 Å². The average molecular weight is 298 g/mol. The number of quaternary nitrogens is 1. The summed E-state index contributed by atoms with van der Waals surface area (Å²) >= 11 is 0. The van der Waals surface area contributed by atoms with Crippen LogP contribution in [0.15, 0.2) is 12.2 Å². The molecule has 0 saturated heterocycles. The summed E-state index contributed by atoms with van der Waals surface area (Å²) in [5, 5.41) is 0. The summed E-state index contributed by atoms with van der Waals surface area (Å²) in [7, 11) is 0. The van der Waals surface area contributed by atoms with Gasteiger partial charge >= 0.3 is 5.97 Å². The molecule has 3 heteroatoms. The fourth-order valence-corrected chi connectivity index (χ4v) is 3.00. The molecule has 0 aliphatic carbocycles. The number of esters is 1. The predicted molar refractivity (Wildman–Crippen MR) is 90.2 cm³/mol. The van der Waals surface area contributed by atoms with E-state index in [2.05, 4.69) is 27.4 Å². The zero-order chi connectivity index (χ0) is 16.1. The molecule has 0 fully saturated rings. The van der Waals surface area contributed by atoms with Crippen LogP contribution in [-0.4, -0.2) is 43.2 Å². The molecule has 0 N–H and O–H groups in total. The third-order valence-electron chi connectivity index (χ3n) is 3.99.